The van der Waals surface area contributed by atoms with E-state index in [0.29, 0.717) is 11.7 Å². The lowest BCUT2D eigenvalue weighted by Gasteiger charge is -2.26. The fourth-order valence-electron chi connectivity index (χ4n) is 2.91. The van der Waals surface area contributed by atoms with Crippen molar-refractivity contribution >= 4 is 0 Å². The molecule has 1 rings (SSSR count). The van der Waals surface area contributed by atoms with Gasteiger partial charge >= 0.3 is 0 Å². The SMILES string of the molecule is C=CC(=C\CC)/C(NC(CC)C/C=C\C)=C(\N)C(N)C1=CC=CCC1. The fourth-order valence-corrected chi connectivity index (χ4v) is 2.91. The second-order valence-electron chi connectivity index (χ2n) is 6.34. The molecule has 138 valence electrons. The van der Waals surface area contributed by atoms with E-state index in [1.54, 1.807) is 0 Å². The van der Waals surface area contributed by atoms with Gasteiger partial charge in [0.2, 0.25) is 0 Å². The lowest BCUT2D eigenvalue weighted by Crippen LogP contribution is -2.37. The molecule has 0 aromatic carbocycles. The lowest BCUT2D eigenvalue weighted by molar-refractivity contribution is 0.552. The highest BCUT2D eigenvalue weighted by Gasteiger charge is 2.19. The third kappa shape index (κ3) is 6.43. The Labute approximate surface area is 153 Å². The summed E-state index contributed by atoms with van der Waals surface area (Å²) in [6.07, 6.45) is 19.5. The summed E-state index contributed by atoms with van der Waals surface area (Å²) >= 11 is 0. The Balaban J connectivity index is 3.22. The molecular weight excluding hydrogens is 306 g/mol. The van der Waals surface area contributed by atoms with Crippen LogP contribution in [0.2, 0.25) is 0 Å². The van der Waals surface area contributed by atoms with E-state index in [-0.39, 0.29) is 6.04 Å². The maximum atomic E-state index is 6.55. The minimum Gasteiger partial charge on any atom is -0.399 e. The topological polar surface area (TPSA) is 64.1 Å². The molecule has 0 bridgehead atoms. The molecule has 0 aromatic heterocycles. The number of hydrogen-bond acceptors (Lipinski definition) is 3. The summed E-state index contributed by atoms with van der Waals surface area (Å²) < 4.78 is 0. The highest BCUT2D eigenvalue weighted by molar-refractivity contribution is 5.44. The molecule has 1 aliphatic rings. The van der Waals surface area contributed by atoms with Crippen molar-refractivity contribution in [1.29, 1.82) is 0 Å². The van der Waals surface area contributed by atoms with Gasteiger partial charge in [0, 0.05) is 6.04 Å². The molecule has 0 saturated heterocycles. The zero-order valence-corrected chi connectivity index (χ0v) is 16.1. The van der Waals surface area contributed by atoms with Crippen molar-refractivity contribution in [3.63, 3.8) is 0 Å². The second-order valence-corrected chi connectivity index (χ2v) is 6.34. The van der Waals surface area contributed by atoms with Crippen molar-refractivity contribution in [2.24, 2.45) is 11.5 Å². The summed E-state index contributed by atoms with van der Waals surface area (Å²) in [7, 11) is 0. The molecular formula is C22H35N3. The van der Waals surface area contributed by atoms with Gasteiger partial charge < -0.3 is 16.8 Å². The van der Waals surface area contributed by atoms with Crippen LogP contribution in [0.4, 0.5) is 0 Å². The normalized spacial score (nSPS) is 18.6. The molecule has 0 amide bonds. The molecule has 0 fully saturated rings. The Bertz CT molecular complexity index is 576. The van der Waals surface area contributed by atoms with Crippen molar-refractivity contribution in [2.45, 2.75) is 65.0 Å². The zero-order valence-electron chi connectivity index (χ0n) is 16.1. The van der Waals surface area contributed by atoms with E-state index in [1.807, 2.05) is 13.0 Å². The van der Waals surface area contributed by atoms with E-state index in [2.05, 4.69) is 62.2 Å². The molecule has 3 nitrogen and oxygen atoms in total. The summed E-state index contributed by atoms with van der Waals surface area (Å²) in [6.45, 7) is 10.3. The van der Waals surface area contributed by atoms with Gasteiger partial charge in [0.25, 0.3) is 0 Å². The van der Waals surface area contributed by atoms with Crippen LogP contribution in [0.25, 0.3) is 0 Å². The monoisotopic (exact) mass is 341 g/mol. The molecule has 1 aliphatic carbocycles. The molecule has 0 heterocycles. The van der Waals surface area contributed by atoms with E-state index in [0.717, 1.165) is 43.4 Å². The van der Waals surface area contributed by atoms with Gasteiger partial charge in [-0.25, -0.2) is 0 Å². The Morgan fingerprint density at radius 2 is 2.16 bits per heavy atom. The minimum atomic E-state index is -0.271. The van der Waals surface area contributed by atoms with Crippen molar-refractivity contribution in [1.82, 2.24) is 5.32 Å². The van der Waals surface area contributed by atoms with Crippen LogP contribution in [0.3, 0.4) is 0 Å². The summed E-state index contributed by atoms with van der Waals surface area (Å²) in [6, 6.07) is 0.0456. The van der Waals surface area contributed by atoms with Gasteiger partial charge in [-0.05, 0) is 50.2 Å². The molecule has 2 atom stereocenters. The maximum Gasteiger partial charge on any atom is 0.0682 e. The number of allylic oxidation sites excluding steroid dienone is 6. The Hall–Kier alpha value is -2.00. The Kier molecular flexibility index (Phi) is 9.71. The molecule has 0 saturated carbocycles. The molecule has 5 N–H and O–H groups in total. The van der Waals surface area contributed by atoms with Crippen LogP contribution in [0.1, 0.15) is 52.9 Å². The standard InChI is InChI=1S/C22H35N3/c1-5-9-16-19(8-4)25-22(17(7-3)13-6-2)21(24)20(23)18-14-11-10-12-15-18/h5,7,9-11,13-14,19-20,25H,3,6,8,12,15-16,23-24H2,1-2,4H3/b9-5-,17-13+,22-21+. The number of hydrogen-bond donors (Lipinski definition) is 3. The van der Waals surface area contributed by atoms with E-state index < -0.39 is 0 Å². The van der Waals surface area contributed by atoms with Gasteiger partial charge in [-0.3, -0.25) is 0 Å². The Morgan fingerprint density at radius 3 is 2.68 bits per heavy atom. The molecule has 0 radical (unpaired) electrons. The van der Waals surface area contributed by atoms with Crippen molar-refractivity contribution in [2.75, 3.05) is 0 Å². The fraction of sp³-hybridized carbons (Fsp3) is 0.455. The van der Waals surface area contributed by atoms with Crippen LogP contribution in [-0.4, -0.2) is 12.1 Å². The largest absolute Gasteiger partial charge is 0.399 e. The van der Waals surface area contributed by atoms with E-state index in [9.17, 15) is 0 Å². The van der Waals surface area contributed by atoms with Crippen LogP contribution < -0.4 is 16.8 Å². The number of nitrogens with one attached hydrogen (secondary N) is 1. The van der Waals surface area contributed by atoms with Crippen LogP contribution in [0.5, 0.6) is 0 Å². The van der Waals surface area contributed by atoms with Crippen molar-refractivity contribution in [3.05, 3.63) is 71.7 Å². The lowest BCUT2D eigenvalue weighted by atomic mass is 9.93. The Morgan fingerprint density at radius 1 is 1.40 bits per heavy atom. The summed E-state index contributed by atoms with van der Waals surface area (Å²) in [5, 5.41) is 3.63. The minimum absolute atomic E-state index is 0.271. The summed E-state index contributed by atoms with van der Waals surface area (Å²) in [5.74, 6) is 0. The average molecular weight is 342 g/mol. The highest BCUT2D eigenvalue weighted by Crippen LogP contribution is 2.22. The van der Waals surface area contributed by atoms with Gasteiger partial charge in [0.05, 0.1) is 17.4 Å². The molecule has 0 aliphatic heterocycles. The van der Waals surface area contributed by atoms with Crippen molar-refractivity contribution in [3.8, 4) is 0 Å². The first-order valence-electron chi connectivity index (χ1n) is 9.40. The predicted octanol–water partition coefficient (Wildman–Crippen LogP) is 4.62. The van der Waals surface area contributed by atoms with Crippen LogP contribution in [0.15, 0.2) is 71.7 Å². The first-order valence-corrected chi connectivity index (χ1v) is 9.40. The van der Waals surface area contributed by atoms with E-state index >= 15 is 0 Å². The summed E-state index contributed by atoms with van der Waals surface area (Å²) in [5.41, 5.74) is 16.9. The van der Waals surface area contributed by atoms with Crippen molar-refractivity contribution < 1.29 is 0 Å². The second kappa shape index (κ2) is 11.5. The highest BCUT2D eigenvalue weighted by atomic mass is 15.0. The third-order valence-corrected chi connectivity index (χ3v) is 4.50. The molecule has 0 spiro atoms. The number of rotatable bonds is 10. The summed E-state index contributed by atoms with van der Waals surface area (Å²) in [4.78, 5) is 0. The average Bonchev–Trinajstić information content (AvgIpc) is 2.66. The number of nitrogens with two attached hydrogens (primary N) is 2. The third-order valence-electron chi connectivity index (χ3n) is 4.50. The maximum absolute atomic E-state index is 6.55. The molecule has 25 heavy (non-hydrogen) atoms. The quantitative estimate of drug-likeness (QED) is 0.401. The van der Waals surface area contributed by atoms with E-state index in [1.165, 1.54) is 5.57 Å². The predicted molar refractivity (Wildman–Crippen MR) is 111 cm³/mol. The van der Waals surface area contributed by atoms with Gasteiger partial charge in [-0.2, -0.15) is 0 Å². The van der Waals surface area contributed by atoms with Gasteiger partial charge in [-0.1, -0.05) is 63.0 Å². The van der Waals surface area contributed by atoms with Crippen LogP contribution in [0, 0.1) is 0 Å². The van der Waals surface area contributed by atoms with Crippen LogP contribution >= 0.6 is 0 Å². The first kappa shape index (κ1) is 21.0. The van der Waals surface area contributed by atoms with Gasteiger partial charge in [-0.15, -0.1) is 0 Å². The smallest absolute Gasteiger partial charge is 0.0682 e. The molecule has 2 unspecified atom stereocenters. The van der Waals surface area contributed by atoms with E-state index in [4.69, 9.17) is 11.5 Å². The molecule has 0 aromatic rings. The van der Waals surface area contributed by atoms with Crippen LogP contribution in [-0.2, 0) is 0 Å². The first-order chi connectivity index (χ1) is 12.1. The molecule has 3 heteroatoms. The van der Waals surface area contributed by atoms with Gasteiger partial charge in [0.15, 0.2) is 0 Å². The zero-order chi connectivity index (χ0) is 18.7. The van der Waals surface area contributed by atoms with Gasteiger partial charge in [0.1, 0.15) is 0 Å².